The summed E-state index contributed by atoms with van der Waals surface area (Å²) in [6, 6.07) is 11.7. The van der Waals surface area contributed by atoms with Crippen LogP contribution in [0.4, 0.5) is 5.82 Å². The highest BCUT2D eigenvalue weighted by Gasteiger charge is 2.14. The van der Waals surface area contributed by atoms with Crippen molar-refractivity contribution in [3.05, 3.63) is 78.0 Å². The number of nitrogens with zero attached hydrogens (tertiary/aromatic N) is 4. The lowest BCUT2D eigenvalue weighted by molar-refractivity contribution is 0.0951. The number of benzene rings is 1. The molecule has 0 atom stereocenters. The van der Waals surface area contributed by atoms with Crippen molar-refractivity contribution in [1.82, 2.24) is 24.8 Å². The van der Waals surface area contributed by atoms with Crippen molar-refractivity contribution >= 4 is 28.7 Å². The number of carbonyl (C=O) groups is 2. The van der Waals surface area contributed by atoms with Crippen molar-refractivity contribution in [2.45, 2.75) is 6.54 Å². The maximum Gasteiger partial charge on any atom is 0.279 e. The molecule has 0 radical (unpaired) electrons. The van der Waals surface area contributed by atoms with Gasteiger partial charge in [-0.05, 0) is 42.0 Å². The SMILES string of the molecule is Cn1cnc2c(C(=O)NCc3ccnc(NC(=O)c4ncccc4O)c3)cccc21. The van der Waals surface area contributed by atoms with Crippen LogP contribution in [0.3, 0.4) is 0 Å². The quantitative estimate of drug-likeness (QED) is 0.471. The Labute approximate surface area is 171 Å². The summed E-state index contributed by atoms with van der Waals surface area (Å²) in [6.45, 7) is 0.238. The van der Waals surface area contributed by atoms with E-state index < -0.39 is 5.91 Å². The van der Waals surface area contributed by atoms with E-state index in [-0.39, 0.29) is 29.7 Å². The number of fused-ring (bicyclic) bond motifs is 1. The Morgan fingerprint density at radius 1 is 1.03 bits per heavy atom. The number of imidazole rings is 1. The first-order chi connectivity index (χ1) is 14.5. The summed E-state index contributed by atoms with van der Waals surface area (Å²) in [5.74, 6) is -0.769. The van der Waals surface area contributed by atoms with Gasteiger partial charge in [-0.25, -0.2) is 15.0 Å². The number of aryl methyl sites for hydroxylation is 1. The number of amides is 2. The summed E-state index contributed by atoms with van der Waals surface area (Å²) in [7, 11) is 1.87. The lowest BCUT2D eigenvalue weighted by Gasteiger charge is -2.09. The molecular weight excluding hydrogens is 384 g/mol. The van der Waals surface area contributed by atoms with Crippen molar-refractivity contribution in [2.75, 3.05) is 5.32 Å². The van der Waals surface area contributed by atoms with Gasteiger partial charge in [-0.2, -0.15) is 0 Å². The fraction of sp³-hybridized carbons (Fsp3) is 0.0952. The summed E-state index contributed by atoms with van der Waals surface area (Å²) in [5, 5.41) is 15.2. The standard InChI is InChI=1S/C21H18N6O3/c1-27-12-25-18-14(4-2-5-15(18)27)20(29)24-11-13-7-9-22-17(10-13)26-21(30)19-16(28)6-3-8-23-19/h2-10,12,28H,11H2,1H3,(H,24,29)(H,22,26,30). The number of anilines is 1. The monoisotopic (exact) mass is 402 g/mol. The van der Waals surface area contributed by atoms with Gasteiger partial charge < -0.3 is 20.3 Å². The third-order valence-corrected chi connectivity index (χ3v) is 4.52. The number of para-hydroxylation sites is 1. The molecule has 4 rings (SSSR count). The van der Waals surface area contributed by atoms with Gasteiger partial charge >= 0.3 is 0 Å². The van der Waals surface area contributed by atoms with Gasteiger partial charge in [0.1, 0.15) is 17.1 Å². The second-order valence-electron chi connectivity index (χ2n) is 6.59. The summed E-state index contributed by atoms with van der Waals surface area (Å²) in [5.41, 5.74) is 2.64. The Hall–Kier alpha value is -4.27. The Morgan fingerprint density at radius 2 is 1.90 bits per heavy atom. The number of aromatic hydroxyl groups is 1. The molecule has 3 N–H and O–H groups in total. The molecule has 2 amide bonds. The van der Waals surface area contributed by atoms with E-state index in [0.717, 1.165) is 11.1 Å². The van der Waals surface area contributed by atoms with Gasteiger partial charge in [0, 0.05) is 26.0 Å². The van der Waals surface area contributed by atoms with Crippen LogP contribution in [0.5, 0.6) is 5.75 Å². The minimum Gasteiger partial charge on any atom is -0.505 e. The van der Waals surface area contributed by atoms with Gasteiger partial charge in [0.05, 0.1) is 17.4 Å². The Morgan fingerprint density at radius 3 is 2.73 bits per heavy atom. The topological polar surface area (TPSA) is 122 Å². The maximum atomic E-state index is 12.6. The number of aromatic nitrogens is 4. The molecule has 0 aliphatic heterocycles. The lowest BCUT2D eigenvalue weighted by atomic mass is 10.1. The van der Waals surface area contributed by atoms with E-state index in [4.69, 9.17) is 0 Å². The number of carbonyl (C=O) groups excluding carboxylic acids is 2. The molecule has 0 fully saturated rings. The average molecular weight is 402 g/mol. The Bertz CT molecular complexity index is 1250. The zero-order valence-electron chi connectivity index (χ0n) is 16.0. The second-order valence-corrected chi connectivity index (χ2v) is 6.59. The van der Waals surface area contributed by atoms with Crippen LogP contribution in [-0.4, -0.2) is 36.4 Å². The van der Waals surface area contributed by atoms with E-state index in [1.807, 2.05) is 23.7 Å². The normalized spacial score (nSPS) is 10.7. The molecule has 0 unspecified atom stereocenters. The van der Waals surface area contributed by atoms with Crippen LogP contribution < -0.4 is 10.6 Å². The fourth-order valence-electron chi connectivity index (χ4n) is 3.02. The Kier molecular flexibility index (Phi) is 5.08. The molecule has 9 nitrogen and oxygen atoms in total. The molecule has 150 valence electrons. The van der Waals surface area contributed by atoms with Crippen molar-refractivity contribution in [2.24, 2.45) is 7.05 Å². The summed E-state index contributed by atoms with van der Waals surface area (Å²) < 4.78 is 1.85. The number of nitrogens with one attached hydrogen (secondary N) is 2. The van der Waals surface area contributed by atoms with E-state index in [9.17, 15) is 14.7 Å². The van der Waals surface area contributed by atoms with Gasteiger partial charge in [-0.1, -0.05) is 6.07 Å². The van der Waals surface area contributed by atoms with E-state index in [1.54, 1.807) is 24.5 Å². The molecule has 3 heterocycles. The van der Waals surface area contributed by atoms with Crippen LogP contribution in [0.15, 0.2) is 61.2 Å². The molecule has 30 heavy (non-hydrogen) atoms. The molecule has 0 saturated heterocycles. The predicted octanol–water partition coefficient (Wildman–Crippen LogP) is 2.25. The van der Waals surface area contributed by atoms with Gasteiger partial charge in [0.15, 0.2) is 5.69 Å². The van der Waals surface area contributed by atoms with Gasteiger partial charge in [-0.15, -0.1) is 0 Å². The molecule has 4 aromatic rings. The van der Waals surface area contributed by atoms with Crippen molar-refractivity contribution in [1.29, 1.82) is 0 Å². The number of hydrogen-bond acceptors (Lipinski definition) is 6. The van der Waals surface area contributed by atoms with Crippen molar-refractivity contribution in [3.8, 4) is 5.75 Å². The van der Waals surface area contributed by atoms with E-state index in [1.165, 1.54) is 24.5 Å². The molecule has 3 aromatic heterocycles. The fourth-order valence-corrected chi connectivity index (χ4v) is 3.02. The zero-order chi connectivity index (χ0) is 21.1. The van der Waals surface area contributed by atoms with Gasteiger partial charge in [-0.3, -0.25) is 9.59 Å². The third kappa shape index (κ3) is 3.81. The number of hydrogen-bond donors (Lipinski definition) is 3. The summed E-state index contributed by atoms with van der Waals surface area (Å²) in [4.78, 5) is 37.2. The first kappa shape index (κ1) is 19.1. The minimum atomic E-state index is -0.580. The largest absolute Gasteiger partial charge is 0.505 e. The smallest absolute Gasteiger partial charge is 0.279 e. The van der Waals surface area contributed by atoms with Gasteiger partial charge in [0.2, 0.25) is 0 Å². The van der Waals surface area contributed by atoms with E-state index in [0.29, 0.717) is 11.1 Å². The van der Waals surface area contributed by atoms with Crippen LogP contribution >= 0.6 is 0 Å². The van der Waals surface area contributed by atoms with Crippen LogP contribution in [0.25, 0.3) is 11.0 Å². The predicted molar refractivity (Wildman–Crippen MR) is 110 cm³/mol. The van der Waals surface area contributed by atoms with Crippen LogP contribution in [0.2, 0.25) is 0 Å². The second kappa shape index (κ2) is 8.00. The first-order valence-corrected chi connectivity index (χ1v) is 9.11. The van der Waals surface area contributed by atoms with E-state index >= 15 is 0 Å². The van der Waals surface area contributed by atoms with Crippen LogP contribution in [0.1, 0.15) is 26.4 Å². The molecule has 0 saturated carbocycles. The highest BCUT2D eigenvalue weighted by molar-refractivity contribution is 6.05. The maximum absolute atomic E-state index is 12.6. The molecule has 0 aliphatic rings. The lowest BCUT2D eigenvalue weighted by Crippen LogP contribution is -2.23. The number of rotatable bonds is 5. The highest BCUT2D eigenvalue weighted by atomic mass is 16.3. The van der Waals surface area contributed by atoms with Gasteiger partial charge in [0.25, 0.3) is 11.8 Å². The molecule has 0 aliphatic carbocycles. The molecule has 9 heteroatoms. The zero-order valence-corrected chi connectivity index (χ0v) is 16.0. The van der Waals surface area contributed by atoms with Crippen LogP contribution in [0, 0.1) is 0 Å². The summed E-state index contributed by atoms with van der Waals surface area (Å²) in [6.07, 6.45) is 4.60. The molecule has 0 spiro atoms. The molecule has 1 aromatic carbocycles. The first-order valence-electron chi connectivity index (χ1n) is 9.11. The highest BCUT2D eigenvalue weighted by Crippen LogP contribution is 2.17. The minimum absolute atomic E-state index is 0.0959. The molecular formula is C21H18N6O3. The number of pyridine rings is 2. The van der Waals surface area contributed by atoms with Crippen molar-refractivity contribution < 1.29 is 14.7 Å². The third-order valence-electron chi connectivity index (χ3n) is 4.52. The Balaban J connectivity index is 1.45. The molecule has 0 bridgehead atoms. The van der Waals surface area contributed by atoms with E-state index in [2.05, 4.69) is 25.6 Å². The van der Waals surface area contributed by atoms with Crippen molar-refractivity contribution in [3.63, 3.8) is 0 Å². The average Bonchev–Trinajstić information content (AvgIpc) is 3.13. The van der Waals surface area contributed by atoms with Crippen LogP contribution in [-0.2, 0) is 13.6 Å². The summed E-state index contributed by atoms with van der Waals surface area (Å²) >= 11 is 0.